The van der Waals surface area contributed by atoms with E-state index in [9.17, 15) is 0 Å². The molecule has 0 aliphatic carbocycles. The van der Waals surface area contributed by atoms with Crippen LogP contribution in [0.4, 0.5) is 0 Å². The highest BCUT2D eigenvalue weighted by Crippen LogP contribution is 2.15. The molecule has 0 unspecified atom stereocenters. The Labute approximate surface area is 117 Å². The number of allylic oxidation sites excluding steroid dienone is 1. The highest BCUT2D eigenvalue weighted by molar-refractivity contribution is 5.07. The second-order valence-corrected chi connectivity index (χ2v) is 6.04. The predicted molar refractivity (Wildman–Crippen MR) is 79.3 cm³/mol. The molecule has 0 aromatic carbocycles. The summed E-state index contributed by atoms with van der Waals surface area (Å²) in [5, 5.41) is 3.44. The van der Waals surface area contributed by atoms with Crippen LogP contribution in [0.15, 0.2) is 11.8 Å². The van der Waals surface area contributed by atoms with Gasteiger partial charge in [0, 0.05) is 64.6 Å². The first-order valence-electron chi connectivity index (χ1n) is 8.01. The number of nitrogens with zero attached hydrogens (tertiary/aromatic N) is 3. The van der Waals surface area contributed by atoms with Crippen molar-refractivity contribution in [3.8, 4) is 0 Å². The van der Waals surface area contributed by atoms with Crippen molar-refractivity contribution in [2.45, 2.75) is 19.3 Å². The zero-order chi connectivity index (χ0) is 12.9. The Kier molecular flexibility index (Phi) is 4.75. The average molecular weight is 264 g/mol. The number of fused-ring (bicyclic) bond motifs is 4. The summed E-state index contributed by atoms with van der Waals surface area (Å²) in [7, 11) is 0. The maximum absolute atomic E-state index is 3.44. The third-order valence-corrected chi connectivity index (χ3v) is 4.70. The third kappa shape index (κ3) is 3.71. The van der Waals surface area contributed by atoms with E-state index >= 15 is 0 Å². The minimum absolute atomic E-state index is 1.10. The number of nitrogens with one attached hydrogen (secondary N) is 1. The molecule has 0 radical (unpaired) electrons. The molecule has 5 rings (SSSR count). The van der Waals surface area contributed by atoms with Crippen molar-refractivity contribution < 1.29 is 0 Å². The van der Waals surface area contributed by atoms with Crippen molar-refractivity contribution in [2.24, 2.45) is 0 Å². The molecule has 0 saturated carbocycles. The van der Waals surface area contributed by atoms with Crippen LogP contribution >= 0.6 is 0 Å². The first-order valence-corrected chi connectivity index (χ1v) is 8.01. The Balaban J connectivity index is 0.000000122. The second-order valence-electron chi connectivity index (χ2n) is 6.04. The Hall–Kier alpha value is -0.580. The zero-order valence-electron chi connectivity index (χ0n) is 12.1. The standard InChI is InChI=1S/C9H16N2.C6H12N2/c1-2-6-11-7-3-5-10-8-9(11)4-1;1-2-8-5-3-7(1)4-6-8/h4,10H,1-3,5-8H2;1-6H2. The number of piperazine rings is 3. The first kappa shape index (κ1) is 13.4. The fourth-order valence-corrected chi connectivity index (χ4v) is 3.39. The van der Waals surface area contributed by atoms with Gasteiger partial charge >= 0.3 is 0 Å². The van der Waals surface area contributed by atoms with E-state index in [4.69, 9.17) is 0 Å². The molecular formula is C15H28N4. The van der Waals surface area contributed by atoms with Crippen molar-refractivity contribution in [2.75, 3.05) is 65.4 Å². The largest absolute Gasteiger partial charge is 0.374 e. The van der Waals surface area contributed by atoms with Gasteiger partial charge in [-0.25, -0.2) is 0 Å². The topological polar surface area (TPSA) is 21.8 Å². The molecule has 5 aliphatic rings. The summed E-state index contributed by atoms with van der Waals surface area (Å²) in [6, 6.07) is 0. The lowest BCUT2D eigenvalue weighted by molar-refractivity contribution is 0.0647. The van der Waals surface area contributed by atoms with E-state index in [0.717, 1.165) is 6.54 Å². The molecule has 0 aromatic rings. The van der Waals surface area contributed by atoms with E-state index in [1.807, 2.05) is 0 Å². The number of rotatable bonds is 0. The van der Waals surface area contributed by atoms with Crippen LogP contribution in [-0.4, -0.2) is 80.1 Å². The van der Waals surface area contributed by atoms with E-state index in [1.165, 1.54) is 83.9 Å². The molecule has 5 heterocycles. The van der Waals surface area contributed by atoms with E-state index in [-0.39, 0.29) is 0 Å². The van der Waals surface area contributed by atoms with Crippen molar-refractivity contribution in [1.82, 2.24) is 20.0 Å². The summed E-state index contributed by atoms with van der Waals surface area (Å²) in [5.74, 6) is 0. The molecule has 4 heteroatoms. The molecule has 4 nitrogen and oxygen atoms in total. The molecule has 0 spiro atoms. The molecule has 0 atom stereocenters. The van der Waals surface area contributed by atoms with Gasteiger partial charge < -0.3 is 10.2 Å². The fraction of sp³-hybridized carbons (Fsp3) is 0.867. The van der Waals surface area contributed by atoms with Crippen LogP contribution in [0.25, 0.3) is 0 Å². The lowest BCUT2D eigenvalue weighted by Gasteiger charge is -2.41. The van der Waals surface area contributed by atoms with Crippen LogP contribution in [0.3, 0.4) is 0 Å². The molecule has 19 heavy (non-hydrogen) atoms. The molecule has 108 valence electrons. The molecule has 4 saturated heterocycles. The Morgan fingerprint density at radius 1 is 0.789 bits per heavy atom. The summed E-state index contributed by atoms with van der Waals surface area (Å²) in [5.41, 5.74) is 1.54. The molecular weight excluding hydrogens is 236 g/mol. The zero-order valence-corrected chi connectivity index (χ0v) is 12.1. The van der Waals surface area contributed by atoms with Crippen LogP contribution in [0.5, 0.6) is 0 Å². The van der Waals surface area contributed by atoms with Crippen molar-refractivity contribution >= 4 is 0 Å². The van der Waals surface area contributed by atoms with E-state index in [0.29, 0.717) is 0 Å². The third-order valence-electron chi connectivity index (χ3n) is 4.70. The van der Waals surface area contributed by atoms with Gasteiger partial charge in [0.2, 0.25) is 0 Å². The summed E-state index contributed by atoms with van der Waals surface area (Å²) in [4.78, 5) is 7.61. The highest BCUT2D eigenvalue weighted by Gasteiger charge is 2.21. The minimum Gasteiger partial charge on any atom is -0.374 e. The van der Waals surface area contributed by atoms with E-state index < -0.39 is 0 Å². The van der Waals surface area contributed by atoms with Gasteiger partial charge in [0.25, 0.3) is 0 Å². The van der Waals surface area contributed by atoms with Gasteiger partial charge in [0.05, 0.1) is 0 Å². The molecule has 5 aliphatic heterocycles. The Morgan fingerprint density at radius 3 is 2.05 bits per heavy atom. The molecule has 0 amide bonds. The molecule has 0 aromatic heterocycles. The highest BCUT2D eigenvalue weighted by atomic mass is 15.3. The summed E-state index contributed by atoms with van der Waals surface area (Å²) < 4.78 is 0. The van der Waals surface area contributed by atoms with E-state index in [1.54, 1.807) is 0 Å². The summed E-state index contributed by atoms with van der Waals surface area (Å²) in [6.45, 7) is 12.8. The van der Waals surface area contributed by atoms with Gasteiger partial charge in [-0.15, -0.1) is 0 Å². The minimum atomic E-state index is 1.10. The maximum atomic E-state index is 3.44. The lowest BCUT2D eigenvalue weighted by atomic mass is 10.1. The maximum Gasteiger partial charge on any atom is 0.0352 e. The van der Waals surface area contributed by atoms with Gasteiger partial charge in [0.1, 0.15) is 0 Å². The smallest absolute Gasteiger partial charge is 0.0352 e. The van der Waals surface area contributed by atoms with Gasteiger partial charge in [-0.3, -0.25) is 9.80 Å². The van der Waals surface area contributed by atoms with Gasteiger partial charge in [-0.05, 0) is 25.8 Å². The Morgan fingerprint density at radius 2 is 1.42 bits per heavy atom. The van der Waals surface area contributed by atoms with Gasteiger partial charge in [0.15, 0.2) is 0 Å². The normalized spacial score (nSPS) is 33.7. The van der Waals surface area contributed by atoms with Crippen LogP contribution in [-0.2, 0) is 0 Å². The summed E-state index contributed by atoms with van der Waals surface area (Å²) in [6.07, 6.45) is 6.33. The van der Waals surface area contributed by atoms with Crippen molar-refractivity contribution in [1.29, 1.82) is 0 Å². The van der Waals surface area contributed by atoms with Gasteiger partial charge in [-0.2, -0.15) is 0 Å². The lowest BCUT2D eigenvalue weighted by Crippen LogP contribution is -2.55. The van der Waals surface area contributed by atoms with Crippen LogP contribution in [0.1, 0.15) is 19.3 Å². The molecule has 1 N–H and O–H groups in total. The van der Waals surface area contributed by atoms with Crippen LogP contribution in [0.2, 0.25) is 0 Å². The first-order chi connectivity index (χ1) is 9.42. The van der Waals surface area contributed by atoms with Crippen LogP contribution < -0.4 is 5.32 Å². The summed E-state index contributed by atoms with van der Waals surface area (Å²) >= 11 is 0. The number of hydrogen-bond donors (Lipinski definition) is 1. The second kappa shape index (κ2) is 6.73. The average Bonchev–Trinajstić information content (AvgIpc) is 2.75. The molecule has 4 fully saturated rings. The fourth-order valence-electron chi connectivity index (χ4n) is 3.39. The van der Waals surface area contributed by atoms with Crippen molar-refractivity contribution in [3.05, 3.63) is 11.8 Å². The monoisotopic (exact) mass is 264 g/mol. The SMILES string of the molecule is C1=C2CNCCCN2CCC1.C1CN2CCN1CC2. The quantitative estimate of drug-likeness (QED) is 0.691. The van der Waals surface area contributed by atoms with Crippen LogP contribution in [0, 0.1) is 0 Å². The van der Waals surface area contributed by atoms with Gasteiger partial charge in [-0.1, -0.05) is 6.08 Å². The van der Waals surface area contributed by atoms with E-state index in [2.05, 4.69) is 26.1 Å². The number of hydrogen-bond acceptors (Lipinski definition) is 4. The predicted octanol–water partition coefficient (Wildman–Crippen LogP) is 0.577. The Bertz CT molecular complexity index is 284. The van der Waals surface area contributed by atoms with Crippen molar-refractivity contribution in [3.63, 3.8) is 0 Å². The molecule has 2 bridgehead atoms.